The lowest BCUT2D eigenvalue weighted by Crippen LogP contribution is -2.50. The smallest absolute Gasteiger partial charge is 0.317 e. The summed E-state index contributed by atoms with van der Waals surface area (Å²) in [6.45, 7) is 6.28. The molecule has 1 aliphatic carbocycles. The Kier molecular flexibility index (Phi) is 3.99. The molecule has 3 aliphatic rings. The summed E-state index contributed by atoms with van der Waals surface area (Å²) in [4.78, 5) is 16.8. The van der Waals surface area contributed by atoms with Gasteiger partial charge in [0.05, 0.1) is 25.3 Å². The lowest BCUT2D eigenvalue weighted by molar-refractivity contribution is -0.0503. The summed E-state index contributed by atoms with van der Waals surface area (Å²) in [6, 6.07) is 11.3. The minimum atomic E-state index is 0.0806. The number of nitrogens with zero attached hydrogens (tertiary/aromatic N) is 2. The molecule has 4 atom stereocenters. The number of ether oxygens (including phenoxy) is 1. The number of carbonyl (C=O) groups is 1. The molecule has 5 nitrogen and oxygen atoms in total. The number of urea groups is 1. The fourth-order valence-corrected chi connectivity index (χ4v) is 3.71. The molecular formula is C18H25N3O2. The van der Waals surface area contributed by atoms with E-state index in [1.165, 1.54) is 5.56 Å². The van der Waals surface area contributed by atoms with E-state index in [1.807, 2.05) is 11.0 Å². The minimum Gasteiger partial charge on any atom is -0.373 e. The Labute approximate surface area is 137 Å². The van der Waals surface area contributed by atoms with Crippen LogP contribution < -0.4 is 5.32 Å². The monoisotopic (exact) mass is 315 g/mol. The number of fused-ring (bicyclic) bond motifs is 1. The zero-order valence-electron chi connectivity index (χ0n) is 13.6. The Bertz CT molecular complexity index is 565. The van der Waals surface area contributed by atoms with E-state index in [2.05, 4.69) is 41.4 Å². The molecule has 0 bridgehead atoms. The van der Waals surface area contributed by atoms with Gasteiger partial charge in [0, 0.05) is 25.7 Å². The van der Waals surface area contributed by atoms with Crippen molar-refractivity contribution in [3.8, 4) is 0 Å². The highest BCUT2D eigenvalue weighted by Gasteiger charge is 2.43. The maximum Gasteiger partial charge on any atom is 0.317 e. The average Bonchev–Trinajstić information content (AvgIpc) is 3.08. The topological polar surface area (TPSA) is 44.8 Å². The van der Waals surface area contributed by atoms with Crippen LogP contribution >= 0.6 is 0 Å². The zero-order chi connectivity index (χ0) is 15.8. The molecule has 2 aliphatic heterocycles. The SMILES string of the molecule is C[C@@H]1C[C@@H]1NC(=O)N1C[C@@H]2OCCN(Cc3ccccc3)[C@H]2C1. The second-order valence-corrected chi connectivity index (χ2v) is 7.11. The Morgan fingerprint density at radius 2 is 2.09 bits per heavy atom. The fraction of sp³-hybridized carbons (Fsp3) is 0.611. The fourth-order valence-electron chi connectivity index (χ4n) is 3.71. The van der Waals surface area contributed by atoms with Gasteiger partial charge in [0.2, 0.25) is 0 Å². The van der Waals surface area contributed by atoms with Gasteiger partial charge in [-0.3, -0.25) is 4.90 Å². The van der Waals surface area contributed by atoms with E-state index in [0.717, 1.165) is 32.7 Å². The van der Waals surface area contributed by atoms with Crippen LogP contribution in [0.5, 0.6) is 0 Å². The van der Waals surface area contributed by atoms with Crippen LogP contribution in [0.15, 0.2) is 30.3 Å². The van der Waals surface area contributed by atoms with E-state index < -0.39 is 0 Å². The molecule has 5 heteroatoms. The van der Waals surface area contributed by atoms with Crippen molar-refractivity contribution in [2.75, 3.05) is 26.2 Å². The number of benzene rings is 1. The number of nitrogens with one attached hydrogen (secondary N) is 1. The van der Waals surface area contributed by atoms with Gasteiger partial charge in [0.1, 0.15) is 0 Å². The molecule has 124 valence electrons. The normalized spacial score (nSPS) is 33.3. The highest BCUT2D eigenvalue weighted by atomic mass is 16.5. The average molecular weight is 315 g/mol. The summed E-state index contributed by atoms with van der Waals surface area (Å²) in [5.41, 5.74) is 1.32. The summed E-state index contributed by atoms with van der Waals surface area (Å²) in [5.74, 6) is 0.634. The Balaban J connectivity index is 1.39. The van der Waals surface area contributed by atoms with Gasteiger partial charge in [-0.25, -0.2) is 4.79 Å². The maximum absolute atomic E-state index is 12.4. The largest absolute Gasteiger partial charge is 0.373 e. The van der Waals surface area contributed by atoms with Gasteiger partial charge < -0.3 is 15.0 Å². The van der Waals surface area contributed by atoms with Crippen LogP contribution in [0.2, 0.25) is 0 Å². The molecule has 1 saturated carbocycles. The van der Waals surface area contributed by atoms with Crippen LogP contribution in [0, 0.1) is 5.92 Å². The number of likely N-dealkylation sites (tertiary alicyclic amines) is 1. The van der Waals surface area contributed by atoms with Gasteiger partial charge in [-0.2, -0.15) is 0 Å². The first kappa shape index (κ1) is 15.0. The Morgan fingerprint density at radius 1 is 1.30 bits per heavy atom. The highest BCUT2D eigenvalue weighted by Crippen LogP contribution is 2.30. The molecule has 1 N–H and O–H groups in total. The van der Waals surface area contributed by atoms with E-state index in [0.29, 0.717) is 24.5 Å². The first-order valence-corrected chi connectivity index (χ1v) is 8.66. The Hall–Kier alpha value is -1.59. The van der Waals surface area contributed by atoms with Crippen LogP contribution in [-0.2, 0) is 11.3 Å². The van der Waals surface area contributed by atoms with Crippen LogP contribution in [0.25, 0.3) is 0 Å². The van der Waals surface area contributed by atoms with Gasteiger partial charge in [-0.05, 0) is 17.9 Å². The predicted molar refractivity (Wildman–Crippen MR) is 88.1 cm³/mol. The summed E-state index contributed by atoms with van der Waals surface area (Å²) < 4.78 is 5.93. The summed E-state index contributed by atoms with van der Waals surface area (Å²) in [7, 11) is 0. The van der Waals surface area contributed by atoms with Crippen molar-refractivity contribution in [2.24, 2.45) is 5.92 Å². The molecule has 0 unspecified atom stereocenters. The standard InChI is InChI=1S/C18H25N3O2/c1-13-9-15(13)19-18(22)21-11-16-17(12-21)23-8-7-20(16)10-14-5-3-2-4-6-14/h2-6,13,15-17H,7-12H2,1H3,(H,19,22)/t13-,15+,16+,17+/m1/s1. The molecule has 4 rings (SSSR count). The van der Waals surface area contributed by atoms with E-state index in [9.17, 15) is 4.79 Å². The third kappa shape index (κ3) is 3.21. The third-order valence-electron chi connectivity index (χ3n) is 5.35. The molecule has 0 spiro atoms. The quantitative estimate of drug-likeness (QED) is 0.923. The lowest BCUT2D eigenvalue weighted by atomic mass is 10.1. The van der Waals surface area contributed by atoms with Crippen molar-refractivity contribution in [1.29, 1.82) is 0 Å². The molecule has 1 aromatic carbocycles. The van der Waals surface area contributed by atoms with Crippen molar-refractivity contribution >= 4 is 6.03 Å². The van der Waals surface area contributed by atoms with Gasteiger partial charge in [0.15, 0.2) is 0 Å². The van der Waals surface area contributed by atoms with Crippen LogP contribution in [0.4, 0.5) is 4.79 Å². The molecule has 2 saturated heterocycles. The van der Waals surface area contributed by atoms with Crippen LogP contribution in [0.1, 0.15) is 18.9 Å². The van der Waals surface area contributed by atoms with E-state index in [1.54, 1.807) is 0 Å². The highest BCUT2D eigenvalue weighted by molar-refractivity contribution is 5.75. The second-order valence-electron chi connectivity index (χ2n) is 7.11. The van der Waals surface area contributed by atoms with Crippen molar-refractivity contribution in [2.45, 2.75) is 38.1 Å². The number of morpholine rings is 1. The first-order chi connectivity index (χ1) is 11.2. The molecule has 2 amide bonds. The Morgan fingerprint density at radius 3 is 2.83 bits per heavy atom. The molecule has 0 radical (unpaired) electrons. The molecule has 0 aromatic heterocycles. The predicted octanol–water partition coefficient (Wildman–Crippen LogP) is 1.69. The van der Waals surface area contributed by atoms with E-state index >= 15 is 0 Å². The minimum absolute atomic E-state index is 0.0806. The molecular weight excluding hydrogens is 290 g/mol. The first-order valence-electron chi connectivity index (χ1n) is 8.66. The van der Waals surface area contributed by atoms with E-state index in [4.69, 9.17) is 4.74 Å². The number of hydrogen-bond acceptors (Lipinski definition) is 3. The second kappa shape index (κ2) is 6.13. The molecule has 23 heavy (non-hydrogen) atoms. The van der Waals surface area contributed by atoms with Crippen LogP contribution in [-0.4, -0.2) is 60.3 Å². The van der Waals surface area contributed by atoms with Crippen molar-refractivity contribution in [3.05, 3.63) is 35.9 Å². The van der Waals surface area contributed by atoms with Crippen molar-refractivity contribution < 1.29 is 9.53 Å². The van der Waals surface area contributed by atoms with E-state index in [-0.39, 0.29) is 12.1 Å². The number of amides is 2. The van der Waals surface area contributed by atoms with Gasteiger partial charge in [-0.15, -0.1) is 0 Å². The number of carbonyl (C=O) groups excluding carboxylic acids is 1. The summed E-state index contributed by atoms with van der Waals surface area (Å²) in [6.07, 6.45) is 1.26. The maximum atomic E-state index is 12.4. The number of rotatable bonds is 3. The zero-order valence-corrected chi connectivity index (χ0v) is 13.6. The summed E-state index contributed by atoms with van der Waals surface area (Å²) in [5, 5.41) is 3.13. The summed E-state index contributed by atoms with van der Waals surface area (Å²) >= 11 is 0. The van der Waals surface area contributed by atoms with Gasteiger partial charge in [0.25, 0.3) is 0 Å². The van der Waals surface area contributed by atoms with Gasteiger partial charge in [-0.1, -0.05) is 37.3 Å². The number of hydrogen-bond donors (Lipinski definition) is 1. The lowest BCUT2D eigenvalue weighted by Gasteiger charge is -2.36. The van der Waals surface area contributed by atoms with Gasteiger partial charge >= 0.3 is 6.03 Å². The molecule has 1 aromatic rings. The molecule has 2 heterocycles. The third-order valence-corrected chi connectivity index (χ3v) is 5.35. The molecule has 3 fully saturated rings. The van der Waals surface area contributed by atoms with Crippen molar-refractivity contribution in [1.82, 2.24) is 15.1 Å². The van der Waals surface area contributed by atoms with Crippen molar-refractivity contribution in [3.63, 3.8) is 0 Å². The van der Waals surface area contributed by atoms with Crippen LogP contribution in [0.3, 0.4) is 0 Å².